The molecule has 2 aliphatic heterocycles. The summed E-state index contributed by atoms with van der Waals surface area (Å²) < 4.78 is 5.41. The first-order valence-corrected chi connectivity index (χ1v) is 7.94. The Morgan fingerprint density at radius 1 is 1.39 bits per heavy atom. The standard InChI is InChI=1S/C17H23N3O3/c1-17(2)11-19(8-7-14(17)18)15(21)9-20-12-5-3-4-6-13(12)23-10-16(20)22/h3-6,14H,7-11,18H2,1-2H3. The summed E-state index contributed by atoms with van der Waals surface area (Å²) in [4.78, 5) is 28.2. The maximum Gasteiger partial charge on any atom is 0.265 e. The molecular weight excluding hydrogens is 294 g/mol. The highest BCUT2D eigenvalue weighted by Crippen LogP contribution is 2.32. The topological polar surface area (TPSA) is 75.9 Å². The number of anilines is 1. The van der Waals surface area contributed by atoms with Gasteiger partial charge < -0.3 is 15.4 Å². The van der Waals surface area contributed by atoms with Crippen molar-refractivity contribution >= 4 is 17.5 Å². The van der Waals surface area contributed by atoms with E-state index in [1.54, 1.807) is 6.07 Å². The van der Waals surface area contributed by atoms with E-state index in [-0.39, 0.29) is 36.4 Å². The number of nitrogens with zero attached hydrogens (tertiary/aromatic N) is 2. The quantitative estimate of drug-likeness (QED) is 0.883. The third kappa shape index (κ3) is 3.03. The van der Waals surface area contributed by atoms with Crippen LogP contribution in [0.1, 0.15) is 20.3 Å². The van der Waals surface area contributed by atoms with Crippen LogP contribution in [0.15, 0.2) is 24.3 Å². The molecule has 0 saturated carbocycles. The normalized spacial score (nSPS) is 23.3. The van der Waals surface area contributed by atoms with Crippen molar-refractivity contribution in [2.45, 2.75) is 26.3 Å². The van der Waals surface area contributed by atoms with Crippen molar-refractivity contribution in [3.8, 4) is 5.75 Å². The lowest BCUT2D eigenvalue weighted by Crippen LogP contribution is -2.56. The summed E-state index contributed by atoms with van der Waals surface area (Å²) in [6, 6.07) is 7.39. The minimum absolute atomic E-state index is 0.0271. The lowest BCUT2D eigenvalue weighted by atomic mass is 9.79. The van der Waals surface area contributed by atoms with Crippen LogP contribution in [0, 0.1) is 5.41 Å². The maximum absolute atomic E-state index is 12.7. The van der Waals surface area contributed by atoms with Crippen molar-refractivity contribution in [1.29, 1.82) is 0 Å². The van der Waals surface area contributed by atoms with Crippen LogP contribution >= 0.6 is 0 Å². The van der Waals surface area contributed by atoms with Gasteiger partial charge in [-0.1, -0.05) is 26.0 Å². The fraction of sp³-hybridized carbons (Fsp3) is 0.529. The molecule has 124 valence electrons. The van der Waals surface area contributed by atoms with Crippen LogP contribution in [-0.2, 0) is 9.59 Å². The highest BCUT2D eigenvalue weighted by Gasteiger charge is 2.36. The lowest BCUT2D eigenvalue weighted by molar-refractivity contribution is -0.134. The molecule has 0 bridgehead atoms. The summed E-state index contributed by atoms with van der Waals surface area (Å²) in [6.07, 6.45) is 0.784. The summed E-state index contributed by atoms with van der Waals surface area (Å²) in [5.41, 5.74) is 6.67. The first-order valence-electron chi connectivity index (χ1n) is 7.94. The molecule has 2 amide bonds. The van der Waals surface area contributed by atoms with Crippen LogP contribution in [0.5, 0.6) is 5.75 Å². The number of benzene rings is 1. The summed E-state index contributed by atoms with van der Waals surface area (Å²) in [5, 5.41) is 0. The molecule has 1 aromatic rings. The third-order valence-corrected chi connectivity index (χ3v) is 4.77. The van der Waals surface area contributed by atoms with Gasteiger partial charge in [0.15, 0.2) is 6.61 Å². The molecule has 2 heterocycles. The Morgan fingerprint density at radius 2 is 2.13 bits per heavy atom. The number of fused-ring (bicyclic) bond motifs is 1. The summed E-state index contributed by atoms with van der Waals surface area (Å²) in [5.74, 6) is 0.404. The number of carbonyl (C=O) groups is 2. The second-order valence-electron chi connectivity index (χ2n) is 6.94. The van der Waals surface area contributed by atoms with E-state index in [9.17, 15) is 9.59 Å². The molecule has 0 aliphatic carbocycles. The third-order valence-electron chi connectivity index (χ3n) is 4.77. The van der Waals surface area contributed by atoms with Crippen LogP contribution in [0.3, 0.4) is 0 Å². The average molecular weight is 317 g/mol. The number of likely N-dealkylation sites (tertiary alicyclic amines) is 1. The average Bonchev–Trinajstić information content (AvgIpc) is 2.52. The van der Waals surface area contributed by atoms with Gasteiger partial charge in [-0.05, 0) is 24.0 Å². The predicted octanol–water partition coefficient (Wildman–Crippen LogP) is 0.998. The van der Waals surface area contributed by atoms with Gasteiger partial charge >= 0.3 is 0 Å². The van der Waals surface area contributed by atoms with Gasteiger partial charge in [-0.3, -0.25) is 14.5 Å². The Bertz CT molecular complexity index is 629. The smallest absolute Gasteiger partial charge is 0.265 e. The van der Waals surface area contributed by atoms with Crippen molar-refractivity contribution in [2.24, 2.45) is 11.1 Å². The fourth-order valence-corrected chi connectivity index (χ4v) is 3.15. The molecule has 2 aliphatic rings. The Kier molecular flexibility index (Phi) is 4.02. The Balaban J connectivity index is 1.74. The number of nitrogens with two attached hydrogens (primary N) is 1. The fourth-order valence-electron chi connectivity index (χ4n) is 3.15. The molecule has 0 aromatic heterocycles. The predicted molar refractivity (Wildman–Crippen MR) is 87.2 cm³/mol. The minimum atomic E-state index is -0.190. The van der Waals surface area contributed by atoms with E-state index in [1.165, 1.54) is 4.90 Å². The van der Waals surface area contributed by atoms with E-state index in [0.29, 0.717) is 24.5 Å². The first-order chi connectivity index (χ1) is 10.9. The van der Waals surface area contributed by atoms with Crippen LogP contribution < -0.4 is 15.4 Å². The summed E-state index contributed by atoms with van der Waals surface area (Å²) in [7, 11) is 0. The Labute approximate surface area is 136 Å². The SMILES string of the molecule is CC1(C)CN(C(=O)CN2C(=O)COc3ccccc32)CCC1N. The minimum Gasteiger partial charge on any atom is -0.482 e. The lowest BCUT2D eigenvalue weighted by Gasteiger charge is -2.43. The van der Waals surface area contributed by atoms with Crippen LogP contribution in [-0.4, -0.2) is 49.0 Å². The summed E-state index contributed by atoms with van der Waals surface area (Å²) >= 11 is 0. The van der Waals surface area contributed by atoms with Crippen molar-refractivity contribution in [1.82, 2.24) is 4.90 Å². The Hall–Kier alpha value is -2.08. The molecular formula is C17H23N3O3. The molecule has 1 unspecified atom stereocenters. The second kappa shape index (κ2) is 5.85. The molecule has 6 nitrogen and oxygen atoms in total. The van der Waals surface area contributed by atoms with Crippen molar-refractivity contribution < 1.29 is 14.3 Å². The van der Waals surface area contributed by atoms with Crippen molar-refractivity contribution in [3.63, 3.8) is 0 Å². The van der Waals surface area contributed by atoms with Crippen molar-refractivity contribution in [3.05, 3.63) is 24.3 Å². The second-order valence-corrected chi connectivity index (χ2v) is 6.94. The van der Waals surface area contributed by atoms with Gasteiger partial charge in [0.05, 0.1) is 5.69 Å². The first kappa shape index (κ1) is 15.8. The molecule has 0 radical (unpaired) electrons. The highest BCUT2D eigenvalue weighted by molar-refractivity contribution is 6.02. The summed E-state index contributed by atoms with van der Waals surface area (Å²) in [6.45, 7) is 5.43. The molecule has 2 N–H and O–H groups in total. The van der Waals surface area contributed by atoms with Gasteiger partial charge in [0.25, 0.3) is 5.91 Å². The van der Waals surface area contributed by atoms with Gasteiger partial charge in [0, 0.05) is 19.1 Å². The number of ether oxygens (including phenoxy) is 1. The molecule has 3 rings (SSSR count). The highest BCUT2D eigenvalue weighted by atomic mass is 16.5. The van der Waals surface area contributed by atoms with E-state index < -0.39 is 0 Å². The zero-order valence-electron chi connectivity index (χ0n) is 13.6. The number of para-hydroxylation sites is 2. The van der Waals surface area contributed by atoms with Gasteiger partial charge in [0.1, 0.15) is 12.3 Å². The van der Waals surface area contributed by atoms with Gasteiger partial charge in [-0.2, -0.15) is 0 Å². The Morgan fingerprint density at radius 3 is 2.87 bits per heavy atom. The molecule has 1 atom stereocenters. The number of hydrogen-bond donors (Lipinski definition) is 1. The van der Waals surface area contributed by atoms with Gasteiger partial charge in [-0.15, -0.1) is 0 Å². The van der Waals surface area contributed by atoms with E-state index in [2.05, 4.69) is 13.8 Å². The van der Waals surface area contributed by atoms with E-state index in [0.717, 1.165) is 6.42 Å². The van der Waals surface area contributed by atoms with Crippen molar-refractivity contribution in [2.75, 3.05) is 31.1 Å². The largest absolute Gasteiger partial charge is 0.482 e. The van der Waals surface area contributed by atoms with Crippen LogP contribution in [0.4, 0.5) is 5.69 Å². The molecule has 1 aromatic carbocycles. The molecule has 1 saturated heterocycles. The van der Waals surface area contributed by atoms with E-state index in [1.807, 2.05) is 23.1 Å². The molecule has 23 heavy (non-hydrogen) atoms. The van der Waals surface area contributed by atoms with Gasteiger partial charge in [-0.25, -0.2) is 0 Å². The number of carbonyl (C=O) groups excluding carboxylic acids is 2. The van der Waals surface area contributed by atoms with Crippen LogP contribution in [0.2, 0.25) is 0 Å². The van der Waals surface area contributed by atoms with Gasteiger partial charge in [0.2, 0.25) is 5.91 Å². The zero-order chi connectivity index (χ0) is 16.6. The molecule has 6 heteroatoms. The van der Waals surface area contributed by atoms with E-state index in [4.69, 9.17) is 10.5 Å². The monoisotopic (exact) mass is 317 g/mol. The maximum atomic E-state index is 12.7. The van der Waals surface area contributed by atoms with Crippen LogP contribution in [0.25, 0.3) is 0 Å². The number of rotatable bonds is 2. The molecule has 0 spiro atoms. The number of piperidine rings is 1. The van der Waals surface area contributed by atoms with E-state index >= 15 is 0 Å². The molecule has 1 fully saturated rings. The zero-order valence-corrected chi connectivity index (χ0v) is 13.6. The number of amides is 2. The number of hydrogen-bond acceptors (Lipinski definition) is 4.